The van der Waals surface area contributed by atoms with Gasteiger partial charge in [0.05, 0.1) is 29.2 Å². The van der Waals surface area contributed by atoms with Crippen LogP contribution in [0.3, 0.4) is 0 Å². The first-order chi connectivity index (χ1) is 22.0. The lowest BCUT2D eigenvalue weighted by Gasteiger charge is -2.61. The Labute approximate surface area is 280 Å². The van der Waals surface area contributed by atoms with Gasteiger partial charge in [0.1, 0.15) is 0 Å². The molecule has 0 unspecified atom stereocenters. The van der Waals surface area contributed by atoms with Crippen molar-refractivity contribution in [3.63, 3.8) is 0 Å². The molecule has 2 bridgehead atoms. The number of aliphatic hydroxyl groups is 2. The van der Waals surface area contributed by atoms with Gasteiger partial charge in [-0.25, -0.2) is 9.98 Å². The average Bonchev–Trinajstić information content (AvgIpc) is 3.00. The maximum Gasteiger partial charge on any atom is 0.262 e. The maximum atomic E-state index is 14.0. The second kappa shape index (κ2) is 12.3. The van der Waals surface area contributed by atoms with Gasteiger partial charge in [-0.05, 0) is 91.2 Å². The van der Waals surface area contributed by atoms with Crippen molar-refractivity contribution in [3.8, 4) is 0 Å². The summed E-state index contributed by atoms with van der Waals surface area (Å²) in [6.07, 6.45) is 3.48. The lowest BCUT2D eigenvalue weighted by molar-refractivity contribution is -0.108. The molecule has 5 fully saturated rings. The van der Waals surface area contributed by atoms with Crippen molar-refractivity contribution in [2.45, 2.75) is 77.7 Å². The van der Waals surface area contributed by atoms with Crippen LogP contribution in [0, 0.1) is 23.2 Å². The lowest BCUT2D eigenvalue weighted by Crippen LogP contribution is -2.58. The highest BCUT2D eigenvalue weighted by Crippen LogP contribution is 2.61. The number of anilines is 2. The summed E-state index contributed by atoms with van der Waals surface area (Å²) in [6.45, 7) is 9.87. The summed E-state index contributed by atoms with van der Waals surface area (Å²) in [5.41, 5.74) is 2.59. The van der Waals surface area contributed by atoms with Crippen LogP contribution in [-0.2, 0) is 13.0 Å². The molecule has 3 aliphatic carbocycles. The van der Waals surface area contributed by atoms with Crippen molar-refractivity contribution < 1.29 is 10.2 Å². The number of aliphatic hydroxyl groups excluding tert-OH is 2. The Kier molecular flexibility index (Phi) is 8.49. The van der Waals surface area contributed by atoms with Crippen molar-refractivity contribution in [2.24, 2.45) is 28.2 Å². The zero-order chi connectivity index (χ0) is 32.3. The number of β-amino-alcohol motifs (C(OH)–C–C–N with tert-alkyl or cyclic N) is 1. The van der Waals surface area contributed by atoms with Gasteiger partial charge in [0.15, 0.2) is 5.96 Å². The number of aryl methyl sites for hydroxylation is 1. The number of aromatic nitrogens is 2. The van der Waals surface area contributed by atoms with Crippen LogP contribution in [0.4, 0.5) is 11.6 Å². The summed E-state index contributed by atoms with van der Waals surface area (Å²) in [6, 6.07) is 11.3. The summed E-state index contributed by atoms with van der Waals surface area (Å²) >= 11 is 12.6. The molecule has 2 saturated heterocycles. The predicted molar refractivity (Wildman–Crippen MR) is 185 cm³/mol. The van der Waals surface area contributed by atoms with Crippen LogP contribution in [-0.4, -0.2) is 75.1 Å². The molecule has 1 aromatic heterocycles. The van der Waals surface area contributed by atoms with Crippen molar-refractivity contribution in [1.29, 1.82) is 0 Å². The highest BCUT2D eigenvalue weighted by Gasteiger charge is 2.56. The van der Waals surface area contributed by atoms with E-state index in [1.165, 1.54) is 6.42 Å². The molecule has 0 amide bonds. The van der Waals surface area contributed by atoms with Crippen molar-refractivity contribution >= 4 is 51.7 Å². The molecule has 2 aromatic carbocycles. The minimum atomic E-state index is -0.353. The molecule has 46 heavy (non-hydrogen) atoms. The average molecular weight is 668 g/mol. The fourth-order valence-electron chi connectivity index (χ4n) is 8.15. The van der Waals surface area contributed by atoms with Crippen LogP contribution >= 0.6 is 23.2 Å². The van der Waals surface area contributed by atoms with Gasteiger partial charge in [-0.2, -0.15) is 0 Å². The highest BCUT2D eigenvalue weighted by molar-refractivity contribution is 6.35. The standard InChI is InChI=1S/C35H44Cl2N6O3/c1-20-28-14-22(35(28,2)3)15-30(20)39-33(42-18-26(45)19-42)38-24-6-7-27-31(17-24)40-34(41-11-9-25(44)10-12-41)43(32(27)46)13-8-21-4-5-23(36)16-29(21)37/h4-7,16-17,20,22,25-26,28,30,44-45H,8-15,18-19H2,1-3H3,(H,38,39)/t20-,22-,28+,30-/m0/s1. The Morgan fingerprint density at radius 1 is 1.07 bits per heavy atom. The number of halogens is 2. The summed E-state index contributed by atoms with van der Waals surface area (Å²) in [5, 5.41) is 25.5. The summed E-state index contributed by atoms with van der Waals surface area (Å²) in [5.74, 6) is 3.25. The largest absolute Gasteiger partial charge is 0.393 e. The molecular formula is C35H44Cl2N6O3. The number of piperidine rings is 1. The number of rotatable bonds is 6. The third-order valence-corrected chi connectivity index (χ3v) is 11.9. The minimum absolute atomic E-state index is 0.111. The monoisotopic (exact) mass is 666 g/mol. The van der Waals surface area contributed by atoms with E-state index in [-0.39, 0.29) is 23.8 Å². The topological polar surface area (TPSA) is 106 Å². The molecule has 8 rings (SSSR count). The minimum Gasteiger partial charge on any atom is -0.393 e. The molecule has 3 saturated carbocycles. The smallest absolute Gasteiger partial charge is 0.262 e. The quantitative estimate of drug-likeness (QED) is 0.238. The fourth-order valence-corrected chi connectivity index (χ4v) is 8.66. The first-order valence-corrected chi connectivity index (χ1v) is 17.4. The number of hydrogen-bond acceptors (Lipinski definition) is 6. The molecule has 5 aliphatic rings. The van der Waals surface area contributed by atoms with E-state index in [0.29, 0.717) is 102 Å². The molecule has 0 radical (unpaired) electrons. The van der Waals surface area contributed by atoms with Crippen LogP contribution in [0.1, 0.15) is 52.0 Å². The van der Waals surface area contributed by atoms with Crippen LogP contribution in [0.15, 0.2) is 46.2 Å². The molecule has 4 atom stereocenters. The van der Waals surface area contributed by atoms with Gasteiger partial charge in [0.25, 0.3) is 5.56 Å². The van der Waals surface area contributed by atoms with Gasteiger partial charge in [0.2, 0.25) is 5.95 Å². The summed E-state index contributed by atoms with van der Waals surface area (Å²) in [4.78, 5) is 28.6. The Hall–Kier alpha value is -2.85. The van der Waals surface area contributed by atoms with Crippen LogP contribution in [0.2, 0.25) is 10.0 Å². The number of nitrogens with zero attached hydrogens (tertiary/aromatic N) is 5. The SMILES string of the molecule is C[C@@H]1[C@@H](/N=C(/Nc2ccc3c(=O)n(CCc4ccc(Cl)cc4Cl)c(N4CCC(O)CC4)nc3c2)N2CC(O)C2)C[C@@H]2C[C@H]1C2(C)C. The molecule has 2 aliphatic heterocycles. The van der Waals surface area contributed by atoms with Gasteiger partial charge in [-0.1, -0.05) is 50.0 Å². The van der Waals surface area contributed by atoms with Crippen molar-refractivity contribution in [3.05, 3.63) is 62.4 Å². The second-order valence-corrected chi connectivity index (χ2v) is 15.3. The number of aliphatic imine (C=N–C) groups is 1. The Balaban J connectivity index is 1.20. The van der Waals surface area contributed by atoms with E-state index in [4.69, 9.17) is 33.2 Å². The molecule has 3 heterocycles. The lowest BCUT2D eigenvalue weighted by atomic mass is 9.45. The van der Waals surface area contributed by atoms with Crippen LogP contribution < -0.4 is 15.8 Å². The van der Waals surface area contributed by atoms with E-state index in [9.17, 15) is 15.0 Å². The molecule has 3 aromatic rings. The normalized spacial score (nSPS) is 26.6. The molecule has 0 spiro atoms. The van der Waals surface area contributed by atoms with E-state index < -0.39 is 0 Å². The number of fused-ring (bicyclic) bond motifs is 3. The Morgan fingerprint density at radius 3 is 2.50 bits per heavy atom. The van der Waals surface area contributed by atoms with E-state index in [1.54, 1.807) is 10.6 Å². The summed E-state index contributed by atoms with van der Waals surface area (Å²) < 4.78 is 1.74. The van der Waals surface area contributed by atoms with Crippen molar-refractivity contribution in [2.75, 3.05) is 36.4 Å². The number of likely N-dealkylation sites (tertiary alicyclic amines) is 1. The second-order valence-electron chi connectivity index (χ2n) is 14.5. The van der Waals surface area contributed by atoms with E-state index >= 15 is 0 Å². The third kappa shape index (κ3) is 5.89. The zero-order valence-electron chi connectivity index (χ0n) is 26.8. The number of nitrogens with one attached hydrogen (secondary N) is 1. The van der Waals surface area contributed by atoms with Crippen LogP contribution in [0.25, 0.3) is 10.9 Å². The van der Waals surface area contributed by atoms with Gasteiger partial charge in [0, 0.05) is 48.5 Å². The highest BCUT2D eigenvalue weighted by atomic mass is 35.5. The Morgan fingerprint density at radius 2 is 1.83 bits per heavy atom. The first-order valence-electron chi connectivity index (χ1n) is 16.7. The zero-order valence-corrected chi connectivity index (χ0v) is 28.3. The van der Waals surface area contributed by atoms with Gasteiger partial charge >= 0.3 is 0 Å². The van der Waals surface area contributed by atoms with E-state index in [1.807, 2.05) is 30.3 Å². The molecule has 3 N–H and O–H groups in total. The van der Waals surface area contributed by atoms with E-state index in [0.717, 1.165) is 23.6 Å². The van der Waals surface area contributed by atoms with Crippen LogP contribution in [0.5, 0.6) is 0 Å². The third-order valence-electron chi connectivity index (χ3n) is 11.3. The molecular weight excluding hydrogens is 623 g/mol. The maximum absolute atomic E-state index is 14.0. The predicted octanol–water partition coefficient (Wildman–Crippen LogP) is 5.42. The number of benzene rings is 2. The molecule has 246 valence electrons. The van der Waals surface area contributed by atoms with Gasteiger partial charge in [-0.15, -0.1) is 0 Å². The Bertz CT molecular complexity index is 1710. The van der Waals surface area contributed by atoms with Gasteiger partial charge in [-0.3, -0.25) is 9.36 Å². The van der Waals surface area contributed by atoms with E-state index in [2.05, 4.69) is 35.9 Å². The summed E-state index contributed by atoms with van der Waals surface area (Å²) in [7, 11) is 0. The van der Waals surface area contributed by atoms with Gasteiger partial charge < -0.3 is 25.3 Å². The molecule has 11 heteroatoms. The molecule has 9 nitrogen and oxygen atoms in total. The number of guanidine groups is 1. The fraction of sp³-hybridized carbons (Fsp3) is 0.571. The number of hydrogen-bond donors (Lipinski definition) is 3. The first kappa shape index (κ1) is 31.7. The van der Waals surface area contributed by atoms with Crippen molar-refractivity contribution in [1.82, 2.24) is 14.5 Å².